The maximum absolute atomic E-state index is 13.2. The molecule has 8 nitrogen and oxygen atoms in total. The van der Waals surface area contributed by atoms with E-state index in [0.717, 1.165) is 0 Å². The lowest BCUT2D eigenvalue weighted by Gasteiger charge is -2.26. The number of amides is 1. The van der Waals surface area contributed by atoms with Crippen LogP contribution in [-0.2, 0) is 6.54 Å². The Kier molecular flexibility index (Phi) is 6.90. The summed E-state index contributed by atoms with van der Waals surface area (Å²) in [4.78, 5) is 45.3. The van der Waals surface area contributed by atoms with Crippen molar-refractivity contribution < 1.29 is 4.79 Å². The lowest BCUT2D eigenvalue weighted by molar-refractivity contribution is 0.0983. The van der Waals surface area contributed by atoms with Crippen molar-refractivity contribution in [1.29, 1.82) is 0 Å². The van der Waals surface area contributed by atoms with E-state index in [9.17, 15) is 14.4 Å². The largest absolute Gasteiger partial charge is 0.383 e. The highest BCUT2D eigenvalue weighted by Crippen LogP contribution is 2.24. The second-order valence-corrected chi connectivity index (χ2v) is 8.07. The SMILES string of the molecule is CC(C)CN(C(=O)c1cnc(Cl)c(Cl)c1)c1c(N)n(CC(C)C)c(=O)[nH]c1=O. The van der Waals surface area contributed by atoms with Crippen LogP contribution in [0.25, 0.3) is 0 Å². The molecule has 0 spiro atoms. The summed E-state index contributed by atoms with van der Waals surface area (Å²) in [6.45, 7) is 8.10. The number of hydrogen-bond acceptors (Lipinski definition) is 5. The molecule has 0 aliphatic heterocycles. The topological polar surface area (TPSA) is 114 Å². The van der Waals surface area contributed by atoms with Crippen molar-refractivity contribution in [2.45, 2.75) is 34.2 Å². The molecular weight excluding hydrogens is 405 g/mol. The first-order chi connectivity index (χ1) is 13.0. The van der Waals surface area contributed by atoms with Gasteiger partial charge in [0.05, 0.1) is 10.6 Å². The van der Waals surface area contributed by atoms with E-state index >= 15 is 0 Å². The minimum absolute atomic E-state index is 0.0176. The van der Waals surface area contributed by atoms with Gasteiger partial charge in [-0.1, -0.05) is 50.9 Å². The molecule has 0 aliphatic rings. The number of nitrogens with two attached hydrogens (primary N) is 1. The summed E-state index contributed by atoms with van der Waals surface area (Å²) in [6.07, 6.45) is 1.28. The quantitative estimate of drug-likeness (QED) is 0.687. The van der Waals surface area contributed by atoms with Crippen LogP contribution in [0.2, 0.25) is 10.2 Å². The molecule has 0 saturated heterocycles. The Bertz CT molecular complexity index is 998. The van der Waals surface area contributed by atoms with Crippen LogP contribution in [0, 0.1) is 11.8 Å². The number of pyridine rings is 1. The molecule has 0 fully saturated rings. The van der Waals surface area contributed by atoms with Crippen LogP contribution in [0.15, 0.2) is 21.9 Å². The summed E-state index contributed by atoms with van der Waals surface area (Å²) in [6, 6.07) is 1.38. The molecule has 2 aromatic rings. The van der Waals surface area contributed by atoms with Gasteiger partial charge in [-0.25, -0.2) is 9.78 Å². The number of H-pyrrole nitrogens is 1. The average Bonchev–Trinajstić information content (AvgIpc) is 2.59. The molecule has 0 radical (unpaired) electrons. The molecule has 2 heterocycles. The van der Waals surface area contributed by atoms with Crippen LogP contribution in [0.1, 0.15) is 38.1 Å². The molecule has 28 heavy (non-hydrogen) atoms. The standard InChI is InChI=1S/C18H23Cl2N5O3/c1-9(2)7-24(17(27)11-5-12(19)14(20)22-6-11)13-15(21)25(8-10(3)4)18(28)23-16(13)26/h5-6,9-10H,7-8,21H2,1-4H3,(H,23,26,28). The van der Waals surface area contributed by atoms with Crippen LogP contribution in [0.3, 0.4) is 0 Å². The van der Waals surface area contributed by atoms with E-state index in [0.29, 0.717) is 6.54 Å². The van der Waals surface area contributed by atoms with Gasteiger partial charge in [0.2, 0.25) is 0 Å². The van der Waals surface area contributed by atoms with Gasteiger partial charge in [0.15, 0.2) is 5.69 Å². The van der Waals surface area contributed by atoms with Crippen molar-refractivity contribution in [1.82, 2.24) is 14.5 Å². The van der Waals surface area contributed by atoms with Gasteiger partial charge >= 0.3 is 5.69 Å². The van der Waals surface area contributed by atoms with Gasteiger partial charge in [0, 0.05) is 19.3 Å². The zero-order valence-corrected chi connectivity index (χ0v) is 17.6. The highest BCUT2D eigenvalue weighted by molar-refractivity contribution is 6.41. The molecule has 0 atom stereocenters. The highest BCUT2D eigenvalue weighted by atomic mass is 35.5. The molecule has 152 valence electrons. The maximum Gasteiger partial charge on any atom is 0.330 e. The number of halogens is 2. The van der Waals surface area contributed by atoms with E-state index in [-0.39, 0.29) is 45.6 Å². The van der Waals surface area contributed by atoms with Crippen LogP contribution in [0.5, 0.6) is 0 Å². The zero-order chi connectivity index (χ0) is 21.2. The number of rotatable bonds is 6. The number of aromatic nitrogens is 3. The zero-order valence-electron chi connectivity index (χ0n) is 16.1. The Morgan fingerprint density at radius 2 is 1.89 bits per heavy atom. The number of carbonyl (C=O) groups is 1. The predicted octanol–water partition coefficient (Wildman–Crippen LogP) is 2.78. The number of nitrogen functional groups attached to an aromatic ring is 1. The molecule has 0 aliphatic carbocycles. The van der Waals surface area contributed by atoms with Gasteiger partial charge in [0.25, 0.3) is 11.5 Å². The first-order valence-electron chi connectivity index (χ1n) is 8.78. The molecule has 10 heteroatoms. The van der Waals surface area contributed by atoms with Crippen molar-refractivity contribution in [2.75, 3.05) is 17.2 Å². The smallest absolute Gasteiger partial charge is 0.330 e. The Labute approximate surface area is 172 Å². The third-order valence-corrected chi connectivity index (χ3v) is 4.55. The van der Waals surface area contributed by atoms with Crippen LogP contribution < -0.4 is 21.9 Å². The van der Waals surface area contributed by atoms with E-state index in [1.54, 1.807) is 0 Å². The minimum Gasteiger partial charge on any atom is -0.383 e. The Morgan fingerprint density at radius 3 is 2.43 bits per heavy atom. The maximum atomic E-state index is 13.2. The lowest BCUT2D eigenvalue weighted by Crippen LogP contribution is -2.43. The Morgan fingerprint density at radius 1 is 1.25 bits per heavy atom. The Hall–Kier alpha value is -2.32. The van der Waals surface area contributed by atoms with Crippen molar-refractivity contribution >= 4 is 40.6 Å². The van der Waals surface area contributed by atoms with Crippen molar-refractivity contribution in [3.05, 3.63) is 48.8 Å². The molecule has 2 aromatic heterocycles. The number of aromatic amines is 1. The summed E-state index contributed by atoms with van der Waals surface area (Å²) in [7, 11) is 0. The Balaban J connectivity index is 2.66. The van der Waals surface area contributed by atoms with E-state index in [1.807, 2.05) is 27.7 Å². The minimum atomic E-state index is -0.732. The predicted molar refractivity (Wildman–Crippen MR) is 111 cm³/mol. The molecule has 0 bridgehead atoms. The molecule has 0 saturated carbocycles. The normalized spacial score (nSPS) is 11.3. The lowest BCUT2D eigenvalue weighted by atomic mass is 10.1. The molecule has 0 aromatic carbocycles. The number of nitrogens with one attached hydrogen (secondary N) is 1. The third kappa shape index (κ3) is 4.74. The van der Waals surface area contributed by atoms with Gasteiger partial charge in [0.1, 0.15) is 11.0 Å². The van der Waals surface area contributed by atoms with Crippen molar-refractivity contribution in [2.24, 2.45) is 11.8 Å². The number of carbonyl (C=O) groups excluding carboxylic acids is 1. The summed E-state index contributed by atoms with van der Waals surface area (Å²) < 4.78 is 1.26. The van der Waals surface area contributed by atoms with Gasteiger partial charge in [-0.3, -0.25) is 19.1 Å². The van der Waals surface area contributed by atoms with E-state index < -0.39 is 17.2 Å². The van der Waals surface area contributed by atoms with Gasteiger partial charge in [-0.05, 0) is 17.9 Å². The fraction of sp³-hybridized carbons (Fsp3) is 0.444. The van der Waals surface area contributed by atoms with E-state index in [4.69, 9.17) is 28.9 Å². The molecular formula is C18H23Cl2N5O3. The summed E-state index contributed by atoms with van der Waals surface area (Å²) >= 11 is 11.8. The van der Waals surface area contributed by atoms with Crippen molar-refractivity contribution in [3.8, 4) is 0 Å². The van der Waals surface area contributed by atoms with Gasteiger partial charge in [-0.2, -0.15) is 0 Å². The second-order valence-electron chi connectivity index (χ2n) is 7.30. The monoisotopic (exact) mass is 427 g/mol. The fourth-order valence-electron chi connectivity index (χ4n) is 2.72. The van der Waals surface area contributed by atoms with Gasteiger partial charge in [-0.15, -0.1) is 0 Å². The van der Waals surface area contributed by atoms with E-state index in [1.165, 1.54) is 21.7 Å². The third-order valence-electron chi connectivity index (χ3n) is 3.87. The first kappa shape index (κ1) is 22.0. The summed E-state index contributed by atoms with van der Waals surface area (Å²) in [5.41, 5.74) is 4.89. The number of hydrogen-bond donors (Lipinski definition) is 2. The van der Waals surface area contributed by atoms with Crippen LogP contribution in [0.4, 0.5) is 11.5 Å². The fourth-order valence-corrected chi connectivity index (χ4v) is 2.99. The molecule has 0 unspecified atom stereocenters. The molecule has 1 amide bonds. The van der Waals surface area contributed by atoms with Crippen LogP contribution >= 0.6 is 23.2 Å². The second kappa shape index (κ2) is 8.79. The number of anilines is 2. The number of nitrogens with zero attached hydrogens (tertiary/aromatic N) is 3. The molecule has 2 rings (SSSR count). The summed E-state index contributed by atoms with van der Waals surface area (Å²) in [5, 5.41) is 0.181. The highest BCUT2D eigenvalue weighted by Gasteiger charge is 2.26. The molecule has 3 N–H and O–H groups in total. The van der Waals surface area contributed by atoms with Gasteiger partial charge < -0.3 is 10.6 Å². The van der Waals surface area contributed by atoms with Crippen molar-refractivity contribution in [3.63, 3.8) is 0 Å². The average molecular weight is 428 g/mol. The van der Waals surface area contributed by atoms with Crippen LogP contribution in [-0.4, -0.2) is 27.0 Å². The first-order valence-corrected chi connectivity index (χ1v) is 9.54. The summed E-state index contributed by atoms with van der Waals surface area (Å²) in [5.74, 6) is -0.465. The van der Waals surface area contributed by atoms with E-state index in [2.05, 4.69) is 9.97 Å².